The number of nitrogens with zero attached hydrogens (tertiary/aromatic N) is 3. The molecule has 0 aliphatic carbocycles. The van der Waals surface area contributed by atoms with Crippen LogP contribution in [-0.2, 0) is 11.3 Å². The fourth-order valence-electron chi connectivity index (χ4n) is 2.70. The van der Waals surface area contributed by atoms with Gasteiger partial charge >= 0.3 is 0 Å². The zero-order valence-electron chi connectivity index (χ0n) is 12.4. The monoisotopic (exact) mass is 285 g/mol. The highest BCUT2D eigenvalue weighted by molar-refractivity contribution is 5.89. The number of carbonyl (C=O) groups is 1. The zero-order chi connectivity index (χ0) is 14.8. The van der Waals surface area contributed by atoms with Crippen molar-refractivity contribution < 1.29 is 9.53 Å². The third kappa shape index (κ3) is 2.69. The first-order valence-electron chi connectivity index (χ1n) is 7.06. The highest BCUT2D eigenvalue weighted by Crippen LogP contribution is 2.26. The summed E-state index contributed by atoms with van der Waals surface area (Å²) in [5.74, 6) is 0.816. The molecule has 5 nitrogen and oxygen atoms in total. The minimum absolute atomic E-state index is 0.173. The van der Waals surface area contributed by atoms with Gasteiger partial charge in [-0.2, -0.15) is 0 Å². The van der Waals surface area contributed by atoms with Crippen LogP contribution in [-0.4, -0.2) is 54.5 Å². The van der Waals surface area contributed by atoms with E-state index in [-0.39, 0.29) is 5.91 Å². The first-order chi connectivity index (χ1) is 10.2. The molecule has 1 saturated heterocycles. The lowest BCUT2D eigenvalue weighted by Crippen LogP contribution is -2.47. The molecule has 1 amide bonds. The summed E-state index contributed by atoms with van der Waals surface area (Å²) in [6.07, 6.45) is 1.85. The van der Waals surface area contributed by atoms with Gasteiger partial charge in [-0.05, 0) is 17.0 Å². The molecule has 5 heteroatoms. The summed E-state index contributed by atoms with van der Waals surface area (Å²) < 4.78 is 5.32. The lowest BCUT2D eigenvalue weighted by Gasteiger charge is -2.32. The summed E-state index contributed by atoms with van der Waals surface area (Å²) in [5.41, 5.74) is 1.13. The van der Waals surface area contributed by atoms with Crippen molar-refractivity contribution in [3.63, 3.8) is 0 Å². The molecule has 0 saturated carbocycles. The van der Waals surface area contributed by atoms with Gasteiger partial charge in [0.25, 0.3) is 0 Å². The molecule has 1 aliphatic heterocycles. The van der Waals surface area contributed by atoms with Crippen molar-refractivity contribution >= 4 is 16.7 Å². The molecule has 1 aromatic carbocycles. The van der Waals surface area contributed by atoms with Crippen LogP contribution in [0.3, 0.4) is 0 Å². The van der Waals surface area contributed by atoms with E-state index >= 15 is 0 Å². The third-order valence-corrected chi connectivity index (χ3v) is 3.96. The maximum atomic E-state index is 11.8. The van der Waals surface area contributed by atoms with E-state index in [1.165, 1.54) is 0 Å². The summed E-state index contributed by atoms with van der Waals surface area (Å²) in [7, 11) is 3.48. The van der Waals surface area contributed by atoms with Crippen molar-refractivity contribution in [2.45, 2.75) is 6.54 Å². The van der Waals surface area contributed by atoms with Gasteiger partial charge in [-0.15, -0.1) is 0 Å². The van der Waals surface area contributed by atoms with Gasteiger partial charge in [-0.25, -0.2) is 4.98 Å². The summed E-state index contributed by atoms with van der Waals surface area (Å²) >= 11 is 0. The summed E-state index contributed by atoms with van der Waals surface area (Å²) in [6, 6.07) is 8.09. The number of likely N-dealkylation sites (N-methyl/N-ethyl adjacent to an activating group) is 1. The Morgan fingerprint density at radius 2 is 2.00 bits per heavy atom. The Hall–Kier alpha value is -2.14. The van der Waals surface area contributed by atoms with E-state index in [0.29, 0.717) is 12.4 Å². The Morgan fingerprint density at radius 3 is 2.71 bits per heavy atom. The lowest BCUT2D eigenvalue weighted by atomic mass is 10.1. The Bertz CT molecular complexity index is 672. The SMILES string of the molecule is COc1ncc(CN2CCN(C)C(=O)C2)c2ccccc12. The molecule has 0 atom stereocenters. The Kier molecular flexibility index (Phi) is 3.75. The normalized spacial score (nSPS) is 16.5. The number of rotatable bonds is 3. The van der Waals surface area contributed by atoms with Crippen LogP contribution in [0.5, 0.6) is 5.88 Å². The number of aromatic nitrogens is 1. The maximum absolute atomic E-state index is 11.8. The summed E-state index contributed by atoms with van der Waals surface area (Å²) in [5, 5.41) is 2.15. The second-order valence-electron chi connectivity index (χ2n) is 5.36. The van der Waals surface area contributed by atoms with Crippen LogP contribution in [0.15, 0.2) is 30.5 Å². The lowest BCUT2D eigenvalue weighted by molar-refractivity contribution is -0.134. The first kappa shape index (κ1) is 13.8. The minimum atomic E-state index is 0.173. The van der Waals surface area contributed by atoms with Gasteiger partial charge in [-0.1, -0.05) is 18.2 Å². The standard InChI is InChI=1S/C16H19N3O2/c1-18-7-8-19(11-15(18)20)10-12-9-17-16(21-2)14-6-4-3-5-13(12)14/h3-6,9H,7-8,10-11H2,1-2H3. The number of fused-ring (bicyclic) bond motifs is 1. The third-order valence-electron chi connectivity index (χ3n) is 3.96. The molecular formula is C16H19N3O2. The van der Waals surface area contributed by atoms with Crippen LogP contribution in [0.1, 0.15) is 5.56 Å². The average Bonchev–Trinajstić information content (AvgIpc) is 2.51. The van der Waals surface area contributed by atoms with E-state index in [0.717, 1.165) is 36.0 Å². The molecule has 0 unspecified atom stereocenters. The molecular weight excluding hydrogens is 266 g/mol. The van der Waals surface area contributed by atoms with Gasteiger partial charge in [-0.3, -0.25) is 9.69 Å². The predicted molar refractivity (Wildman–Crippen MR) is 81.2 cm³/mol. The molecule has 2 aromatic rings. The number of hydrogen-bond acceptors (Lipinski definition) is 4. The van der Waals surface area contributed by atoms with Crippen molar-refractivity contribution in [3.8, 4) is 5.88 Å². The Morgan fingerprint density at radius 1 is 1.24 bits per heavy atom. The van der Waals surface area contributed by atoms with E-state index in [4.69, 9.17) is 4.74 Å². The number of carbonyl (C=O) groups excluding carboxylic acids is 1. The molecule has 0 radical (unpaired) electrons. The average molecular weight is 285 g/mol. The summed E-state index contributed by atoms with van der Waals surface area (Å²) in [4.78, 5) is 20.1. The molecule has 1 aliphatic rings. The smallest absolute Gasteiger partial charge is 0.236 e. The number of benzene rings is 1. The molecule has 0 spiro atoms. The second kappa shape index (κ2) is 5.69. The molecule has 3 rings (SSSR count). The highest BCUT2D eigenvalue weighted by atomic mass is 16.5. The van der Waals surface area contributed by atoms with Gasteiger partial charge in [0.2, 0.25) is 11.8 Å². The van der Waals surface area contributed by atoms with Crippen LogP contribution in [0.2, 0.25) is 0 Å². The molecule has 1 fully saturated rings. The van der Waals surface area contributed by atoms with Crippen LogP contribution in [0.25, 0.3) is 10.8 Å². The van der Waals surface area contributed by atoms with E-state index < -0.39 is 0 Å². The fourth-order valence-corrected chi connectivity index (χ4v) is 2.70. The highest BCUT2D eigenvalue weighted by Gasteiger charge is 2.21. The van der Waals surface area contributed by atoms with E-state index in [1.807, 2.05) is 31.4 Å². The largest absolute Gasteiger partial charge is 0.481 e. The van der Waals surface area contributed by atoms with Crippen LogP contribution < -0.4 is 4.74 Å². The van der Waals surface area contributed by atoms with Crippen molar-refractivity contribution in [3.05, 3.63) is 36.0 Å². The van der Waals surface area contributed by atoms with Gasteiger partial charge in [0.1, 0.15) is 0 Å². The number of amides is 1. The van der Waals surface area contributed by atoms with Gasteiger partial charge in [0, 0.05) is 38.3 Å². The molecule has 110 valence electrons. The number of hydrogen-bond donors (Lipinski definition) is 0. The van der Waals surface area contributed by atoms with Crippen molar-refractivity contribution in [1.82, 2.24) is 14.8 Å². The zero-order valence-corrected chi connectivity index (χ0v) is 12.4. The number of piperazine rings is 1. The quantitative estimate of drug-likeness (QED) is 0.858. The van der Waals surface area contributed by atoms with E-state index in [2.05, 4.69) is 16.0 Å². The van der Waals surface area contributed by atoms with Gasteiger partial charge in [0.15, 0.2) is 0 Å². The van der Waals surface area contributed by atoms with E-state index in [1.54, 1.807) is 12.0 Å². The van der Waals surface area contributed by atoms with Crippen molar-refractivity contribution in [1.29, 1.82) is 0 Å². The first-order valence-corrected chi connectivity index (χ1v) is 7.06. The number of methoxy groups -OCH3 is 1. The minimum Gasteiger partial charge on any atom is -0.481 e. The maximum Gasteiger partial charge on any atom is 0.236 e. The van der Waals surface area contributed by atoms with Gasteiger partial charge in [0.05, 0.1) is 13.7 Å². The molecule has 21 heavy (non-hydrogen) atoms. The van der Waals surface area contributed by atoms with Crippen LogP contribution >= 0.6 is 0 Å². The molecule has 0 bridgehead atoms. The van der Waals surface area contributed by atoms with Crippen LogP contribution in [0.4, 0.5) is 0 Å². The molecule has 1 aromatic heterocycles. The van der Waals surface area contributed by atoms with Gasteiger partial charge < -0.3 is 9.64 Å². The number of pyridine rings is 1. The molecule has 0 N–H and O–H groups in total. The topological polar surface area (TPSA) is 45.7 Å². The Balaban J connectivity index is 1.89. The predicted octanol–water partition coefficient (Wildman–Crippen LogP) is 1.52. The second-order valence-corrected chi connectivity index (χ2v) is 5.36. The number of ether oxygens (including phenoxy) is 1. The summed E-state index contributed by atoms with van der Waals surface area (Å²) in [6.45, 7) is 2.87. The fraction of sp³-hybridized carbons (Fsp3) is 0.375. The molecule has 2 heterocycles. The van der Waals surface area contributed by atoms with E-state index in [9.17, 15) is 4.79 Å². The van der Waals surface area contributed by atoms with Crippen molar-refractivity contribution in [2.24, 2.45) is 0 Å². The van der Waals surface area contributed by atoms with Crippen LogP contribution in [0, 0.1) is 0 Å². The van der Waals surface area contributed by atoms with Crippen molar-refractivity contribution in [2.75, 3.05) is 33.8 Å². The Labute approximate surface area is 124 Å².